The van der Waals surface area contributed by atoms with Gasteiger partial charge < -0.3 is 4.74 Å². The molecule has 0 bridgehead atoms. The van der Waals surface area contributed by atoms with Crippen LogP contribution in [0.25, 0.3) is 0 Å². The molecule has 0 atom stereocenters. The van der Waals surface area contributed by atoms with E-state index < -0.39 is 0 Å². The Morgan fingerprint density at radius 2 is 1.88 bits per heavy atom. The van der Waals surface area contributed by atoms with Gasteiger partial charge in [0.25, 0.3) is 0 Å². The van der Waals surface area contributed by atoms with E-state index in [4.69, 9.17) is 10.00 Å². The predicted octanol–water partition coefficient (Wildman–Crippen LogP) is 4.53. The summed E-state index contributed by atoms with van der Waals surface area (Å²) in [5.74, 6) is 0.788. The Labute approximate surface area is 113 Å². The molecular weight excluding hydrogens is 334 g/mol. The molecule has 86 valence electrons. The molecule has 0 aliphatic heterocycles. The average molecular weight is 347 g/mol. The van der Waals surface area contributed by atoms with Crippen LogP contribution in [0.5, 0.6) is 5.75 Å². The molecule has 16 heavy (non-hydrogen) atoms. The normalized spacial score (nSPS) is 10.9. The highest BCUT2D eigenvalue weighted by Crippen LogP contribution is 2.33. The molecule has 0 saturated heterocycles. The zero-order valence-corrected chi connectivity index (χ0v) is 12.4. The lowest BCUT2D eigenvalue weighted by molar-refractivity contribution is 0.262. The fraction of sp³-hybridized carbons (Fsp3) is 0.417. The number of benzene rings is 1. The summed E-state index contributed by atoms with van der Waals surface area (Å²) in [7, 11) is 0. The minimum atomic E-state index is -0.340. The second kappa shape index (κ2) is 5.70. The molecule has 2 nitrogen and oxygen atoms in total. The maximum Gasteiger partial charge on any atom is 0.147 e. The van der Waals surface area contributed by atoms with Gasteiger partial charge in [-0.05, 0) is 64.3 Å². The van der Waals surface area contributed by atoms with E-state index in [0.717, 1.165) is 14.7 Å². The second-order valence-corrected chi connectivity index (χ2v) is 5.85. The summed E-state index contributed by atoms with van der Waals surface area (Å²) in [6.07, 6.45) is 0.706. The molecule has 4 heteroatoms. The minimum Gasteiger partial charge on any atom is -0.491 e. The van der Waals surface area contributed by atoms with Gasteiger partial charge in [0.1, 0.15) is 5.75 Å². The molecular formula is C12H13Br2NO. The van der Waals surface area contributed by atoms with E-state index in [2.05, 4.69) is 37.9 Å². The van der Waals surface area contributed by atoms with Crippen LogP contribution in [0.15, 0.2) is 27.1 Å². The van der Waals surface area contributed by atoms with Gasteiger partial charge in [0.05, 0.1) is 27.0 Å². The Kier molecular flexibility index (Phi) is 4.82. The predicted molar refractivity (Wildman–Crippen MR) is 71.3 cm³/mol. The van der Waals surface area contributed by atoms with Crippen LogP contribution in [0, 0.1) is 16.7 Å². The Morgan fingerprint density at radius 3 is 2.38 bits per heavy atom. The highest BCUT2D eigenvalue weighted by Gasteiger charge is 2.17. The average Bonchev–Trinajstić information content (AvgIpc) is 2.22. The van der Waals surface area contributed by atoms with E-state index in [1.807, 2.05) is 32.0 Å². The van der Waals surface area contributed by atoms with Gasteiger partial charge in [-0.15, -0.1) is 0 Å². The van der Waals surface area contributed by atoms with Gasteiger partial charge in [-0.1, -0.05) is 6.07 Å². The smallest absolute Gasteiger partial charge is 0.147 e. The van der Waals surface area contributed by atoms with Crippen LogP contribution in [-0.4, -0.2) is 6.61 Å². The van der Waals surface area contributed by atoms with Gasteiger partial charge in [0, 0.05) is 0 Å². The van der Waals surface area contributed by atoms with Gasteiger partial charge in [0.2, 0.25) is 0 Å². The first kappa shape index (κ1) is 13.5. The van der Waals surface area contributed by atoms with Gasteiger partial charge in [-0.3, -0.25) is 0 Å². The van der Waals surface area contributed by atoms with E-state index in [1.54, 1.807) is 0 Å². The standard InChI is InChI=1S/C12H13Br2NO/c1-12(2,8-15)6-7-16-11-9(13)4-3-5-10(11)14/h3-5H,6-7H2,1-2H3. The van der Waals surface area contributed by atoms with Crippen LogP contribution < -0.4 is 4.74 Å². The maximum atomic E-state index is 8.88. The third-order valence-electron chi connectivity index (χ3n) is 2.20. The van der Waals surface area contributed by atoms with Crippen molar-refractivity contribution < 1.29 is 4.74 Å². The number of hydrogen-bond acceptors (Lipinski definition) is 2. The summed E-state index contributed by atoms with van der Waals surface area (Å²) >= 11 is 6.85. The molecule has 0 heterocycles. The van der Waals surface area contributed by atoms with E-state index in [-0.39, 0.29) is 5.41 Å². The van der Waals surface area contributed by atoms with Crippen molar-refractivity contribution in [2.75, 3.05) is 6.61 Å². The van der Waals surface area contributed by atoms with Crippen LogP contribution in [0.2, 0.25) is 0 Å². The SMILES string of the molecule is CC(C)(C#N)CCOc1c(Br)cccc1Br. The van der Waals surface area contributed by atoms with Crippen molar-refractivity contribution >= 4 is 31.9 Å². The maximum absolute atomic E-state index is 8.88. The van der Waals surface area contributed by atoms with E-state index in [9.17, 15) is 0 Å². The first-order valence-corrected chi connectivity index (χ1v) is 6.53. The summed E-state index contributed by atoms with van der Waals surface area (Å²) in [5.41, 5.74) is -0.340. The number of para-hydroxylation sites is 1. The van der Waals surface area contributed by atoms with E-state index in [0.29, 0.717) is 13.0 Å². The number of nitriles is 1. The number of halogens is 2. The van der Waals surface area contributed by atoms with Crippen molar-refractivity contribution in [2.45, 2.75) is 20.3 Å². The zero-order chi connectivity index (χ0) is 12.2. The Balaban J connectivity index is 2.60. The molecule has 0 N–H and O–H groups in total. The monoisotopic (exact) mass is 345 g/mol. The van der Waals surface area contributed by atoms with Crippen LogP contribution in [0.1, 0.15) is 20.3 Å². The third kappa shape index (κ3) is 3.80. The minimum absolute atomic E-state index is 0.340. The molecule has 1 aromatic rings. The summed E-state index contributed by atoms with van der Waals surface area (Å²) < 4.78 is 7.49. The van der Waals surface area contributed by atoms with Crippen molar-refractivity contribution in [2.24, 2.45) is 5.41 Å². The largest absolute Gasteiger partial charge is 0.491 e. The van der Waals surface area contributed by atoms with Crippen LogP contribution in [-0.2, 0) is 0 Å². The quantitative estimate of drug-likeness (QED) is 0.802. The number of hydrogen-bond donors (Lipinski definition) is 0. The van der Waals surface area contributed by atoms with Crippen molar-refractivity contribution in [3.8, 4) is 11.8 Å². The first-order chi connectivity index (χ1) is 7.46. The number of ether oxygens (including phenoxy) is 1. The Morgan fingerprint density at radius 1 is 1.31 bits per heavy atom. The molecule has 1 aromatic carbocycles. The molecule has 0 saturated carbocycles. The van der Waals surface area contributed by atoms with E-state index in [1.165, 1.54) is 0 Å². The molecule has 0 aliphatic rings. The van der Waals surface area contributed by atoms with Gasteiger partial charge in [0.15, 0.2) is 0 Å². The molecule has 0 radical (unpaired) electrons. The fourth-order valence-electron chi connectivity index (χ4n) is 1.08. The molecule has 0 unspecified atom stereocenters. The van der Waals surface area contributed by atoms with Crippen molar-refractivity contribution in [1.82, 2.24) is 0 Å². The Bertz CT molecular complexity index is 390. The lowest BCUT2D eigenvalue weighted by Gasteiger charge is -2.16. The molecule has 0 aliphatic carbocycles. The lowest BCUT2D eigenvalue weighted by Crippen LogP contribution is -2.13. The van der Waals surface area contributed by atoms with Crippen molar-refractivity contribution in [1.29, 1.82) is 5.26 Å². The summed E-state index contributed by atoms with van der Waals surface area (Å²) in [6, 6.07) is 8.04. The topological polar surface area (TPSA) is 33.0 Å². The highest BCUT2D eigenvalue weighted by molar-refractivity contribution is 9.11. The summed E-state index contributed by atoms with van der Waals surface area (Å²) in [5, 5.41) is 8.88. The second-order valence-electron chi connectivity index (χ2n) is 4.14. The summed E-state index contributed by atoms with van der Waals surface area (Å²) in [4.78, 5) is 0. The van der Waals surface area contributed by atoms with Gasteiger partial charge in [-0.2, -0.15) is 5.26 Å². The molecule has 1 rings (SSSR count). The molecule has 0 amide bonds. The third-order valence-corrected chi connectivity index (χ3v) is 3.44. The molecule has 0 spiro atoms. The van der Waals surface area contributed by atoms with E-state index >= 15 is 0 Å². The van der Waals surface area contributed by atoms with Crippen LogP contribution in [0.4, 0.5) is 0 Å². The summed E-state index contributed by atoms with van der Waals surface area (Å²) in [6.45, 7) is 4.35. The highest BCUT2D eigenvalue weighted by atomic mass is 79.9. The first-order valence-electron chi connectivity index (χ1n) is 4.94. The van der Waals surface area contributed by atoms with Crippen LogP contribution >= 0.6 is 31.9 Å². The van der Waals surface area contributed by atoms with Crippen molar-refractivity contribution in [3.05, 3.63) is 27.1 Å². The van der Waals surface area contributed by atoms with Crippen molar-refractivity contribution in [3.63, 3.8) is 0 Å². The van der Waals surface area contributed by atoms with Gasteiger partial charge >= 0.3 is 0 Å². The van der Waals surface area contributed by atoms with Gasteiger partial charge in [-0.25, -0.2) is 0 Å². The Hall–Kier alpha value is -0.530. The zero-order valence-electron chi connectivity index (χ0n) is 9.26. The number of rotatable bonds is 4. The molecule has 0 fully saturated rings. The lowest BCUT2D eigenvalue weighted by atomic mass is 9.92. The van der Waals surface area contributed by atoms with Crippen LogP contribution in [0.3, 0.4) is 0 Å². The fourth-order valence-corrected chi connectivity index (χ4v) is 2.31. The number of nitrogens with zero attached hydrogens (tertiary/aromatic N) is 1. The molecule has 0 aromatic heterocycles.